The van der Waals surface area contributed by atoms with E-state index in [4.69, 9.17) is 5.73 Å². The first-order chi connectivity index (χ1) is 8.49. The molecule has 2 rings (SSSR count). The standard InChI is InChI=1S/C15H23BrN2/c1-10(2)18(9-12-4-5-12)15-7-6-13(11(3)17)8-14(15)16/h6-8,10-12H,4-5,9,17H2,1-3H3. The van der Waals surface area contributed by atoms with Gasteiger partial charge in [0.2, 0.25) is 0 Å². The van der Waals surface area contributed by atoms with E-state index in [9.17, 15) is 0 Å². The van der Waals surface area contributed by atoms with Gasteiger partial charge in [-0.3, -0.25) is 0 Å². The van der Waals surface area contributed by atoms with E-state index in [0.717, 1.165) is 10.4 Å². The quantitative estimate of drug-likeness (QED) is 0.887. The maximum absolute atomic E-state index is 5.92. The first kappa shape index (κ1) is 13.9. The van der Waals surface area contributed by atoms with Crippen molar-refractivity contribution >= 4 is 21.6 Å². The molecule has 2 nitrogen and oxygen atoms in total. The molecular weight excluding hydrogens is 288 g/mol. The Morgan fingerprint density at radius 2 is 2.00 bits per heavy atom. The fourth-order valence-corrected chi connectivity index (χ4v) is 2.83. The van der Waals surface area contributed by atoms with Crippen molar-refractivity contribution in [2.24, 2.45) is 11.7 Å². The zero-order valence-corrected chi connectivity index (χ0v) is 13.1. The highest BCUT2D eigenvalue weighted by Crippen LogP contribution is 2.35. The molecule has 0 radical (unpaired) electrons. The lowest BCUT2D eigenvalue weighted by Crippen LogP contribution is -2.33. The molecule has 1 unspecified atom stereocenters. The summed E-state index contributed by atoms with van der Waals surface area (Å²) in [5.41, 5.74) is 8.40. The van der Waals surface area contributed by atoms with E-state index in [1.807, 2.05) is 6.92 Å². The number of halogens is 1. The summed E-state index contributed by atoms with van der Waals surface area (Å²) in [6.45, 7) is 7.71. The zero-order valence-electron chi connectivity index (χ0n) is 11.5. The molecular formula is C15H23BrN2. The first-order valence-corrected chi connectivity index (χ1v) is 7.60. The van der Waals surface area contributed by atoms with Crippen LogP contribution in [0.2, 0.25) is 0 Å². The molecule has 0 amide bonds. The summed E-state index contributed by atoms with van der Waals surface area (Å²) in [5.74, 6) is 0.896. The van der Waals surface area contributed by atoms with Crippen LogP contribution < -0.4 is 10.6 Å². The second kappa shape index (κ2) is 5.62. The molecule has 0 heterocycles. The summed E-state index contributed by atoms with van der Waals surface area (Å²) in [5, 5.41) is 0. The molecule has 0 saturated heterocycles. The third-order valence-corrected chi connectivity index (χ3v) is 4.22. The molecule has 100 valence electrons. The predicted octanol–water partition coefficient (Wildman–Crippen LogP) is 4.09. The minimum absolute atomic E-state index is 0.0892. The molecule has 1 saturated carbocycles. The molecule has 0 aliphatic heterocycles. The van der Waals surface area contributed by atoms with Gasteiger partial charge in [0, 0.05) is 23.1 Å². The highest BCUT2D eigenvalue weighted by atomic mass is 79.9. The van der Waals surface area contributed by atoms with Crippen LogP contribution in [0, 0.1) is 5.92 Å². The van der Waals surface area contributed by atoms with Gasteiger partial charge in [-0.2, -0.15) is 0 Å². The summed E-state index contributed by atoms with van der Waals surface area (Å²) < 4.78 is 1.16. The zero-order chi connectivity index (χ0) is 13.3. The first-order valence-electron chi connectivity index (χ1n) is 6.80. The van der Waals surface area contributed by atoms with Gasteiger partial charge in [-0.1, -0.05) is 6.07 Å². The van der Waals surface area contributed by atoms with E-state index in [1.165, 1.54) is 30.6 Å². The average molecular weight is 311 g/mol. The predicted molar refractivity (Wildman–Crippen MR) is 82.0 cm³/mol. The van der Waals surface area contributed by atoms with Crippen molar-refractivity contribution in [3.05, 3.63) is 28.2 Å². The van der Waals surface area contributed by atoms with Crippen LogP contribution in [0.4, 0.5) is 5.69 Å². The molecule has 1 aliphatic carbocycles. The largest absolute Gasteiger partial charge is 0.368 e. The molecule has 3 heteroatoms. The van der Waals surface area contributed by atoms with Crippen molar-refractivity contribution < 1.29 is 0 Å². The van der Waals surface area contributed by atoms with Crippen LogP contribution in [0.25, 0.3) is 0 Å². The minimum Gasteiger partial charge on any atom is -0.368 e. The second-order valence-electron chi connectivity index (χ2n) is 5.69. The number of hydrogen-bond acceptors (Lipinski definition) is 2. The van der Waals surface area contributed by atoms with E-state index < -0.39 is 0 Å². The highest BCUT2D eigenvalue weighted by Gasteiger charge is 2.26. The molecule has 2 N–H and O–H groups in total. The van der Waals surface area contributed by atoms with E-state index in [1.54, 1.807) is 0 Å². The number of anilines is 1. The van der Waals surface area contributed by atoms with Gasteiger partial charge >= 0.3 is 0 Å². The molecule has 0 spiro atoms. The lowest BCUT2D eigenvalue weighted by atomic mass is 10.1. The van der Waals surface area contributed by atoms with Crippen LogP contribution in [-0.4, -0.2) is 12.6 Å². The maximum Gasteiger partial charge on any atom is 0.0513 e. The van der Waals surface area contributed by atoms with Crippen LogP contribution in [0.3, 0.4) is 0 Å². The Hall–Kier alpha value is -0.540. The van der Waals surface area contributed by atoms with Crippen LogP contribution in [-0.2, 0) is 0 Å². The maximum atomic E-state index is 5.92. The minimum atomic E-state index is 0.0892. The lowest BCUT2D eigenvalue weighted by Gasteiger charge is -2.30. The smallest absolute Gasteiger partial charge is 0.0513 e. The molecule has 1 atom stereocenters. The fraction of sp³-hybridized carbons (Fsp3) is 0.600. The molecule has 0 aromatic heterocycles. The molecule has 18 heavy (non-hydrogen) atoms. The van der Waals surface area contributed by atoms with Crippen molar-refractivity contribution in [3.8, 4) is 0 Å². The number of nitrogens with two attached hydrogens (primary N) is 1. The van der Waals surface area contributed by atoms with Gasteiger partial charge in [-0.25, -0.2) is 0 Å². The lowest BCUT2D eigenvalue weighted by molar-refractivity contribution is 0.643. The Morgan fingerprint density at radius 1 is 1.33 bits per heavy atom. The Balaban J connectivity index is 2.23. The van der Waals surface area contributed by atoms with Crippen molar-refractivity contribution in [2.75, 3.05) is 11.4 Å². The Morgan fingerprint density at radius 3 is 2.44 bits per heavy atom. The third-order valence-electron chi connectivity index (χ3n) is 3.58. The average Bonchev–Trinajstić information content (AvgIpc) is 3.09. The summed E-state index contributed by atoms with van der Waals surface area (Å²) in [6.07, 6.45) is 2.78. The summed E-state index contributed by atoms with van der Waals surface area (Å²) in [4.78, 5) is 2.49. The van der Waals surface area contributed by atoms with Crippen molar-refractivity contribution in [1.82, 2.24) is 0 Å². The number of nitrogens with zero attached hydrogens (tertiary/aromatic N) is 1. The molecule has 0 bridgehead atoms. The van der Waals surface area contributed by atoms with Crippen molar-refractivity contribution in [3.63, 3.8) is 0 Å². The van der Waals surface area contributed by atoms with Crippen LogP contribution in [0.15, 0.2) is 22.7 Å². The second-order valence-corrected chi connectivity index (χ2v) is 6.54. The Kier molecular flexibility index (Phi) is 4.33. The SMILES string of the molecule is CC(N)c1ccc(N(CC2CC2)C(C)C)c(Br)c1. The van der Waals surface area contributed by atoms with Gasteiger partial charge in [0.15, 0.2) is 0 Å². The summed E-state index contributed by atoms with van der Waals surface area (Å²) in [7, 11) is 0. The summed E-state index contributed by atoms with van der Waals surface area (Å²) >= 11 is 3.70. The van der Waals surface area contributed by atoms with Gasteiger partial charge < -0.3 is 10.6 Å². The van der Waals surface area contributed by atoms with Crippen LogP contribution in [0.1, 0.15) is 45.2 Å². The van der Waals surface area contributed by atoms with E-state index in [-0.39, 0.29) is 6.04 Å². The molecule has 1 aromatic carbocycles. The van der Waals surface area contributed by atoms with E-state index in [0.29, 0.717) is 6.04 Å². The fourth-order valence-electron chi connectivity index (χ4n) is 2.21. The van der Waals surface area contributed by atoms with Crippen LogP contribution in [0.5, 0.6) is 0 Å². The van der Waals surface area contributed by atoms with E-state index >= 15 is 0 Å². The number of rotatable bonds is 5. The van der Waals surface area contributed by atoms with Crippen molar-refractivity contribution in [2.45, 2.75) is 45.7 Å². The Labute approximate surface area is 119 Å². The van der Waals surface area contributed by atoms with Crippen LogP contribution >= 0.6 is 15.9 Å². The van der Waals surface area contributed by atoms with Gasteiger partial charge in [0.05, 0.1) is 5.69 Å². The van der Waals surface area contributed by atoms with Crippen molar-refractivity contribution in [1.29, 1.82) is 0 Å². The third kappa shape index (κ3) is 3.27. The van der Waals surface area contributed by atoms with Gasteiger partial charge in [-0.15, -0.1) is 0 Å². The van der Waals surface area contributed by atoms with Gasteiger partial charge in [0.1, 0.15) is 0 Å². The molecule has 1 fully saturated rings. The number of benzene rings is 1. The summed E-state index contributed by atoms with van der Waals surface area (Å²) in [6, 6.07) is 7.12. The topological polar surface area (TPSA) is 29.3 Å². The van der Waals surface area contributed by atoms with Gasteiger partial charge in [0.25, 0.3) is 0 Å². The number of hydrogen-bond donors (Lipinski definition) is 1. The normalized spacial score (nSPS) is 17.0. The monoisotopic (exact) mass is 310 g/mol. The molecule has 1 aromatic rings. The Bertz CT molecular complexity index is 411. The highest BCUT2D eigenvalue weighted by molar-refractivity contribution is 9.10. The van der Waals surface area contributed by atoms with Gasteiger partial charge in [-0.05, 0) is 73.2 Å². The molecule has 1 aliphatic rings. The van der Waals surface area contributed by atoms with E-state index in [2.05, 4.69) is 52.9 Å².